The standard InChI is InChI=1S/C12H17N3O2S/c16-7-9-2-1-3-14(6-9)11-10(8-17)15-4-5-18-12(15)13-11/h4-5,9,16-17H,1-3,6-8H2. The minimum Gasteiger partial charge on any atom is -0.396 e. The molecule has 1 unspecified atom stereocenters. The third-order valence-corrected chi connectivity index (χ3v) is 4.32. The van der Waals surface area contributed by atoms with E-state index in [1.165, 1.54) is 0 Å². The Morgan fingerprint density at radius 3 is 3.11 bits per heavy atom. The van der Waals surface area contributed by atoms with Gasteiger partial charge in [0.05, 0.1) is 12.3 Å². The molecule has 0 spiro atoms. The van der Waals surface area contributed by atoms with Crippen LogP contribution in [0.3, 0.4) is 0 Å². The van der Waals surface area contributed by atoms with Gasteiger partial charge < -0.3 is 15.1 Å². The second kappa shape index (κ2) is 4.87. The molecule has 2 aromatic rings. The SMILES string of the molecule is OCc1c(N2CCCC(CO)C2)nc2sccn12. The second-order valence-electron chi connectivity index (χ2n) is 4.73. The van der Waals surface area contributed by atoms with Gasteiger partial charge in [0.25, 0.3) is 0 Å². The lowest BCUT2D eigenvalue weighted by Gasteiger charge is -2.32. The molecule has 1 saturated heterocycles. The number of aliphatic hydroxyl groups is 2. The highest BCUT2D eigenvalue weighted by atomic mass is 32.1. The zero-order chi connectivity index (χ0) is 12.5. The normalized spacial score (nSPS) is 20.8. The number of fused-ring (bicyclic) bond motifs is 1. The Hall–Kier alpha value is -1.11. The first-order chi connectivity index (χ1) is 8.83. The van der Waals surface area contributed by atoms with Crippen molar-refractivity contribution in [1.82, 2.24) is 9.38 Å². The van der Waals surface area contributed by atoms with E-state index in [-0.39, 0.29) is 13.2 Å². The molecule has 98 valence electrons. The lowest BCUT2D eigenvalue weighted by molar-refractivity contribution is 0.208. The average Bonchev–Trinajstić information content (AvgIpc) is 2.98. The Balaban J connectivity index is 1.95. The minimum absolute atomic E-state index is 0.00642. The van der Waals surface area contributed by atoms with Crippen molar-refractivity contribution in [1.29, 1.82) is 0 Å². The molecule has 2 aromatic heterocycles. The van der Waals surface area contributed by atoms with Crippen LogP contribution in [0.15, 0.2) is 11.6 Å². The van der Waals surface area contributed by atoms with Gasteiger partial charge >= 0.3 is 0 Å². The van der Waals surface area contributed by atoms with Crippen LogP contribution in [0, 0.1) is 5.92 Å². The monoisotopic (exact) mass is 267 g/mol. The summed E-state index contributed by atoms with van der Waals surface area (Å²) in [6.07, 6.45) is 4.08. The van der Waals surface area contributed by atoms with Crippen molar-refractivity contribution in [2.45, 2.75) is 19.4 Å². The van der Waals surface area contributed by atoms with Crippen LogP contribution in [0.2, 0.25) is 0 Å². The summed E-state index contributed by atoms with van der Waals surface area (Å²) in [5.41, 5.74) is 0.852. The Morgan fingerprint density at radius 1 is 1.44 bits per heavy atom. The zero-order valence-electron chi connectivity index (χ0n) is 10.1. The van der Waals surface area contributed by atoms with Gasteiger partial charge in [-0.15, -0.1) is 11.3 Å². The van der Waals surface area contributed by atoms with E-state index in [1.807, 2.05) is 16.0 Å². The molecule has 0 bridgehead atoms. The fourth-order valence-corrected chi connectivity index (χ4v) is 3.36. The number of nitrogens with zero attached hydrogens (tertiary/aromatic N) is 3. The van der Waals surface area contributed by atoms with Crippen molar-refractivity contribution in [2.75, 3.05) is 24.6 Å². The predicted octanol–water partition coefficient (Wildman–Crippen LogP) is 1.10. The molecule has 0 aliphatic carbocycles. The third-order valence-electron chi connectivity index (χ3n) is 3.57. The summed E-state index contributed by atoms with van der Waals surface area (Å²) in [7, 11) is 0. The first-order valence-electron chi connectivity index (χ1n) is 6.24. The predicted molar refractivity (Wildman–Crippen MR) is 71.0 cm³/mol. The van der Waals surface area contributed by atoms with Crippen LogP contribution in [0.1, 0.15) is 18.5 Å². The molecule has 3 heterocycles. The maximum atomic E-state index is 9.55. The van der Waals surface area contributed by atoms with Gasteiger partial charge in [0, 0.05) is 31.3 Å². The fraction of sp³-hybridized carbons (Fsp3) is 0.583. The molecule has 6 heteroatoms. The molecular weight excluding hydrogens is 250 g/mol. The molecule has 1 aliphatic rings. The molecule has 0 radical (unpaired) electrons. The van der Waals surface area contributed by atoms with E-state index >= 15 is 0 Å². The first-order valence-corrected chi connectivity index (χ1v) is 7.12. The van der Waals surface area contributed by atoms with Gasteiger partial charge in [0.15, 0.2) is 10.8 Å². The molecule has 0 amide bonds. The van der Waals surface area contributed by atoms with Gasteiger partial charge in [0.1, 0.15) is 0 Å². The molecule has 5 nitrogen and oxygen atoms in total. The maximum absolute atomic E-state index is 9.55. The van der Waals surface area contributed by atoms with Crippen LogP contribution >= 0.6 is 11.3 Å². The number of rotatable bonds is 3. The van der Waals surface area contributed by atoms with E-state index in [0.717, 1.165) is 42.4 Å². The number of piperidine rings is 1. The van der Waals surface area contributed by atoms with Crippen molar-refractivity contribution in [3.8, 4) is 0 Å². The Morgan fingerprint density at radius 2 is 2.33 bits per heavy atom. The first kappa shape index (κ1) is 12.0. The van der Waals surface area contributed by atoms with Gasteiger partial charge in [-0.25, -0.2) is 4.98 Å². The van der Waals surface area contributed by atoms with Crippen molar-refractivity contribution < 1.29 is 10.2 Å². The molecule has 0 aromatic carbocycles. The van der Waals surface area contributed by atoms with Gasteiger partial charge in [-0.3, -0.25) is 4.40 Å². The van der Waals surface area contributed by atoms with Crippen LogP contribution < -0.4 is 4.90 Å². The van der Waals surface area contributed by atoms with Crippen LogP contribution in [0.4, 0.5) is 5.82 Å². The molecule has 1 atom stereocenters. The smallest absolute Gasteiger partial charge is 0.195 e. The van der Waals surface area contributed by atoms with Crippen molar-refractivity contribution >= 4 is 22.1 Å². The van der Waals surface area contributed by atoms with Crippen molar-refractivity contribution in [3.05, 3.63) is 17.3 Å². The zero-order valence-corrected chi connectivity index (χ0v) is 10.9. The summed E-state index contributed by atoms with van der Waals surface area (Å²) in [6.45, 7) is 2.00. The van der Waals surface area contributed by atoms with E-state index in [9.17, 15) is 10.2 Å². The number of aromatic nitrogens is 2. The number of thiazole rings is 1. The van der Waals surface area contributed by atoms with E-state index in [4.69, 9.17) is 0 Å². The maximum Gasteiger partial charge on any atom is 0.195 e. The molecule has 3 rings (SSSR count). The van der Waals surface area contributed by atoms with E-state index < -0.39 is 0 Å². The lowest BCUT2D eigenvalue weighted by atomic mass is 9.99. The highest BCUT2D eigenvalue weighted by Crippen LogP contribution is 2.28. The van der Waals surface area contributed by atoms with Crippen molar-refractivity contribution in [2.24, 2.45) is 5.92 Å². The number of hydrogen-bond acceptors (Lipinski definition) is 5. The highest BCUT2D eigenvalue weighted by Gasteiger charge is 2.24. The van der Waals surface area contributed by atoms with Gasteiger partial charge in [-0.05, 0) is 18.8 Å². The molecule has 0 saturated carbocycles. The summed E-state index contributed by atoms with van der Waals surface area (Å²) >= 11 is 1.57. The molecular formula is C12H17N3O2S. The number of anilines is 1. The van der Waals surface area contributed by atoms with Crippen LogP contribution in [0.25, 0.3) is 4.96 Å². The summed E-state index contributed by atoms with van der Waals surface area (Å²) in [4.78, 5) is 7.71. The average molecular weight is 267 g/mol. The van der Waals surface area contributed by atoms with E-state index in [1.54, 1.807) is 11.3 Å². The summed E-state index contributed by atoms with van der Waals surface area (Å²) in [5, 5.41) is 20.8. The summed E-state index contributed by atoms with van der Waals surface area (Å²) in [6, 6.07) is 0. The Kier molecular flexibility index (Phi) is 3.23. The number of aliphatic hydroxyl groups excluding tert-OH is 2. The topological polar surface area (TPSA) is 61.0 Å². The molecule has 2 N–H and O–H groups in total. The van der Waals surface area contributed by atoms with Crippen LogP contribution in [-0.2, 0) is 6.61 Å². The Bertz CT molecular complexity index is 536. The second-order valence-corrected chi connectivity index (χ2v) is 5.61. The van der Waals surface area contributed by atoms with Crippen molar-refractivity contribution in [3.63, 3.8) is 0 Å². The van der Waals surface area contributed by atoms with Crippen LogP contribution in [-0.4, -0.2) is 39.3 Å². The molecule has 1 fully saturated rings. The van der Waals surface area contributed by atoms with Gasteiger partial charge in [-0.1, -0.05) is 0 Å². The summed E-state index contributed by atoms with van der Waals surface area (Å²) in [5.74, 6) is 1.20. The lowest BCUT2D eigenvalue weighted by Crippen LogP contribution is -2.37. The number of hydrogen-bond donors (Lipinski definition) is 2. The number of imidazole rings is 1. The van der Waals surface area contributed by atoms with Crippen LogP contribution in [0.5, 0.6) is 0 Å². The van der Waals surface area contributed by atoms with Gasteiger partial charge in [-0.2, -0.15) is 0 Å². The quantitative estimate of drug-likeness (QED) is 0.874. The molecule has 18 heavy (non-hydrogen) atoms. The fourth-order valence-electron chi connectivity index (χ4n) is 2.63. The van der Waals surface area contributed by atoms with E-state index in [0.29, 0.717) is 5.92 Å². The molecule has 1 aliphatic heterocycles. The Labute approximate surface area is 109 Å². The highest BCUT2D eigenvalue weighted by molar-refractivity contribution is 7.15. The van der Waals surface area contributed by atoms with Gasteiger partial charge in [0.2, 0.25) is 0 Å². The van der Waals surface area contributed by atoms with E-state index in [2.05, 4.69) is 9.88 Å². The summed E-state index contributed by atoms with van der Waals surface area (Å²) < 4.78 is 1.95. The largest absolute Gasteiger partial charge is 0.396 e. The minimum atomic E-state index is -0.00642. The third kappa shape index (κ3) is 1.90.